The lowest BCUT2D eigenvalue weighted by Crippen LogP contribution is -2.40. The molecule has 0 saturated carbocycles. The minimum Gasteiger partial charge on any atom is -0.490 e. The Labute approximate surface area is 150 Å². The van der Waals surface area contributed by atoms with Crippen LogP contribution in [-0.2, 0) is 10.0 Å². The van der Waals surface area contributed by atoms with Crippen molar-refractivity contribution < 1.29 is 17.9 Å². The minimum atomic E-state index is -3.51. The highest BCUT2D eigenvalue weighted by molar-refractivity contribution is 7.89. The molecule has 0 aromatic heterocycles. The quantitative estimate of drug-likeness (QED) is 0.787. The molecule has 2 N–H and O–H groups in total. The number of hydrogen-bond acceptors (Lipinski definition) is 5. The van der Waals surface area contributed by atoms with Crippen LogP contribution in [0.3, 0.4) is 0 Å². The number of piperidine rings is 1. The van der Waals surface area contributed by atoms with E-state index >= 15 is 0 Å². The maximum Gasteiger partial charge on any atom is 0.243 e. The second-order valence-electron chi connectivity index (χ2n) is 5.56. The van der Waals surface area contributed by atoms with E-state index in [1.165, 1.54) is 4.31 Å². The summed E-state index contributed by atoms with van der Waals surface area (Å²) in [4.78, 5) is 0.246. The van der Waals surface area contributed by atoms with Crippen molar-refractivity contribution in [2.45, 2.75) is 31.6 Å². The molecule has 24 heavy (non-hydrogen) atoms. The van der Waals surface area contributed by atoms with Crippen molar-refractivity contribution in [1.29, 1.82) is 0 Å². The number of sulfonamides is 1. The zero-order valence-corrected chi connectivity index (χ0v) is 15.9. The second kappa shape index (κ2) is 9.46. The molecule has 1 aromatic rings. The van der Waals surface area contributed by atoms with Crippen molar-refractivity contribution in [3.05, 3.63) is 18.2 Å². The van der Waals surface area contributed by atoms with Crippen molar-refractivity contribution in [3.63, 3.8) is 0 Å². The number of benzene rings is 1. The first-order valence-electron chi connectivity index (χ1n) is 8.12. The topological polar surface area (TPSA) is 81.9 Å². The van der Waals surface area contributed by atoms with Crippen LogP contribution >= 0.6 is 12.4 Å². The van der Waals surface area contributed by atoms with Gasteiger partial charge in [0.15, 0.2) is 11.5 Å². The van der Waals surface area contributed by atoms with E-state index in [0.29, 0.717) is 50.3 Å². The summed E-state index contributed by atoms with van der Waals surface area (Å²) < 4.78 is 38.2. The van der Waals surface area contributed by atoms with Gasteiger partial charge in [-0.25, -0.2) is 8.42 Å². The molecule has 138 valence electrons. The lowest BCUT2D eigenvalue weighted by molar-refractivity contribution is 0.277. The van der Waals surface area contributed by atoms with Crippen LogP contribution in [0.4, 0.5) is 0 Å². The molecule has 1 aliphatic heterocycles. The number of hydrogen-bond donors (Lipinski definition) is 1. The third-order valence-electron chi connectivity index (χ3n) is 4.06. The van der Waals surface area contributed by atoms with Gasteiger partial charge in [0, 0.05) is 19.2 Å². The summed E-state index contributed by atoms with van der Waals surface area (Å²) in [5, 5.41) is 0. The highest BCUT2D eigenvalue weighted by Gasteiger charge is 2.29. The number of nitrogens with zero attached hydrogens (tertiary/aromatic N) is 1. The van der Waals surface area contributed by atoms with Crippen molar-refractivity contribution >= 4 is 22.4 Å². The van der Waals surface area contributed by atoms with Gasteiger partial charge in [0.25, 0.3) is 0 Å². The smallest absolute Gasteiger partial charge is 0.243 e. The van der Waals surface area contributed by atoms with Crippen LogP contribution in [0.5, 0.6) is 11.5 Å². The summed E-state index contributed by atoms with van der Waals surface area (Å²) in [6, 6.07) is 4.80. The summed E-state index contributed by atoms with van der Waals surface area (Å²) >= 11 is 0. The van der Waals surface area contributed by atoms with E-state index in [9.17, 15) is 8.42 Å². The molecule has 0 aliphatic carbocycles. The summed E-state index contributed by atoms with van der Waals surface area (Å²) in [7, 11) is -3.51. The highest BCUT2D eigenvalue weighted by atomic mass is 35.5. The maximum atomic E-state index is 12.8. The first-order chi connectivity index (χ1) is 11.0. The molecule has 8 heteroatoms. The molecule has 0 unspecified atom stereocenters. The molecule has 2 rings (SSSR count). The molecule has 0 bridgehead atoms. The maximum absolute atomic E-state index is 12.8. The highest BCUT2D eigenvalue weighted by Crippen LogP contribution is 2.32. The number of nitrogens with two attached hydrogens (primary N) is 1. The van der Waals surface area contributed by atoms with Crippen LogP contribution in [0.25, 0.3) is 0 Å². The van der Waals surface area contributed by atoms with Gasteiger partial charge in [-0.2, -0.15) is 4.31 Å². The summed E-state index contributed by atoms with van der Waals surface area (Å²) in [6.07, 6.45) is 1.62. The van der Waals surface area contributed by atoms with E-state index in [4.69, 9.17) is 15.2 Å². The van der Waals surface area contributed by atoms with Crippen molar-refractivity contribution in [1.82, 2.24) is 4.31 Å². The normalized spacial score (nSPS) is 16.5. The van der Waals surface area contributed by atoms with Crippen LogP contribution in [0.2, 0.25) is 0 Å². The zero-order chi connectivity index (χ0) is 16.9. The first-order valence-corrected chi connectivity index (χ1v) is 9.56. The summed E-state index contributed by atoms with van der Waals surface area (Å²) in [6.45, 7) is 6.33. The fourth-order valence-electron chi connectivity index (χ4n) is 2.73. The predicted octanol–water partition coefficient (Wildman–Crippen LogP) is 2.27. The van der Waals surface area contributed by atoms with Gasteiger partial charge in [-0.1, -0.05) is 0 Å². The molecule has 1 aromatic carbocycles. The minimum absolute atomic E-state index is 0. The third-order valence-corrected chi connectivity index (χ3v) is 5.95. The molecule has 1 saturated heterocycles. The van der Waals surface area contributed by atoms with Crippen molar-refractivity contribution in [2.75, 3.05) is 32.8 Å². The van der Waals surface area contributed by atoms with Gasteiger partial charge in [0.05, 0.1) is 18.1 Å². The van der Waals surface area contributed by atoms with Gasteiger partial charge in [-0.3, -0.25) is 0 Å². The van der Waals surface area contributed by atoms with Crippen LogP contribution in [0.1, 0.15) is 26.7 Å². The van der Waals surface area contributed by atoms with Gasteiger partial charge in [-0.15, -0.1) is 12.4 Å². The standard InChI is InChI=1S/C16H26N2O4S.ClH/c1-3-21-15-6-5-14(11-16(15)22-4-2)23(19,20)18-9-7-13(12-17)8-10-18;/h5-6,11,13H,3-4,7-10,12,17H2,1-2H3;1H. The average Bonchev–Trinajstić information content (AvgIpc) is 2.57. The van der Waals surface area contributed by atoms with Crippen LogP contribution in [0, 0.1) is 5.92 Å². The van der Waals surface area contributed by atoms with E-state index in [0.717, 1.165) is 12.8 Å². The van der Waals surface area contributed by atoms with Gasteiger partial charge in [0.1, 0.15) is 0 Å². The molecule has 0 amide bonds. The number of rotatable bonds is 7. The number of halogens is 1. The second-order valence-corrected chi connectivity index (χ2v) is 7.50. The molecule has 1 aliphatic rings. The van der Waals surface area contributed by atoms with E-state index in [2.05, 4.69) is 0 Å². The Kier molecular flexibility index (Phi) is 8.29. The fourth-order valence-corrected chi connectivity index (χ4v) is 4.21. The Morgan fingerprint density at radius 3 is 2.25 bits per heavy atom. The SMILES string of the molecule is CCOc1ccc(S(=O)(=O)N2CCC(CN)CC2)cc1OCC.Cl. The van der Waals surface area contributed by atoms with E-state index in [-0.39, 0.29) is 17.3 Å². The monoisotopic (exact) mass is 378 g/mol. The van der Waals surface area contributed by atoms with E-state index < -0.39 is 10.0 Å². The van der Waals surface area contributed by atoms with Gasteiger partial charge >= 0.3 is 0 Å². The lowest BCUT2D eigenvalue weighted by Gasteiger charge is -2.30. The van der Waals surface area contributed by atoms with E-state index in [1.54, 1.807) is 18.2 Å². The fraction of sp³-hybridized carbons (Fsp3) is 0.625. The average molecular weight is 379 g/mol. The molecule has 0 atom stereocenters. The Morgan fingerprint density at radius 2 is 1.71 bits per heavy atom. The van der Waals surface area contributed by atoms with Gasteiger partial charge < -0.3 is 15.2 Å². The Hall–Kier alpha value is -1.02. The Bertz CT molecular complexity index is 617. The molecular formula is C16H27ClN2O4S. The lowest BCUT2D eigenvalue weighted by atomic mass is 9.99. The van der Waals surface area contributed by atoms with Crippen LogP contribution < -0.4 is 15.2 Å². The van der Waals surface area contributed by atoms with Crippen LogP contribution in [0.15, 0.2) is 23.1 Å². The van der Waals surface area contributed by atoms with Crippen LogP contribution in [-0.4, -0.2) is 45.6 Å². The molecule has 0 radical (unpaired) electrons. The molecule has 1 fully saturated rings. The van der Waals surface area contributed by atoms with E-state index in [1.807, 2.05) is 13.8 Å². The number of ether oxygens (including phenoxy) is 2. The van der Waals surface area contributed by atoms with Crippen molar-refractivity contribution in [3.8, 4) is 11.5 Å². The Morgan fingerprint density at radius 1 is 1.12 bits per heavy atom. The molecule has 6 nitrogen and oxygen atoms in total. The van der Waals surface area contributed by atoms with Gasteiger partial charge in [-0.05, 0) is 51.3 Å². The Balaban J connectivity index is 0.00000288. The summed E-state index contributed by atoms with van der Waals surface area (Å²) in [5.74, 6) is 1.45. The van der Waals surface area contributed by atoms with Crippen molar-refractivity contribution in [2.24, 2.45) is 11.7 Å². The molecular weight excluding hydrogens is 352 g/mol. The first kappa shape index (κ1) is 21.0. The largest absolute Gasteiger partial charge is 0.490 e. The molecule has 0 spiro atoms. The predicted molar refractivity (Wildman–Crippen MR) is 96.6 cm³/mol. The van der Waals surface area contributed by atoms with Gasteiger partial charge in [0.2, 0.25) is 10.0 Å². The third kappa shape index (κ3) is 4.75. The zero-order valence-electron chi connectivity index (χ0n) is 14.2. The summed E-state index contributed by atoms with van der Waals surface area (Å²) in [5.41, 5.74) is 5.67. The molecule has 1 heterocycles.